The van der Waals surface area contributed by atoms with Crippen molar-refractivity contribution in [2.24, 2.45) is 0 Å². The van der Waals surface area contributed by atoms with E-state index in [1.165, 1.54) is 0 Å². The molecule has 1 heterocycles. The summed E-state index contributed by atoms with van der Waals surface area (Å²) in [4.78, 5) is 17.1. The molecule has 1 aliphatic rings. The molecule has 0 aromatic heterocycles. The van der Waals surface area contributed by atoms with Gasteiger partial charge in [0.05, 0.1) is 11.4 Å². The lowest BCUT2D eigenvalue weighted by molar-refractivity contribution is 0.0984. The molecule has 0 saturated carbocycles. The summed E-state index contributed by atoms with van der Waals surface area (Å²) in [5.74, 6) is 0.0201. The van der Waals surface area contributed by atoms with Crippen LogP contribution in [0.1, 0.15) is 24.2 Å². The smallest absolute Gasteiger partial charge is 0.258 e. The summed E-state index contributed by atoms with van der Waals surface area (Å²) in [7, 11) is 0. The van der Waals surface area contributed by atoms with E-state index in [0.29, 0.717) is 17.1 Å². The zero-order chi connectivity index (χ0) is 15.7. The van der Waals surface area contributed by atoms with Gasteiger partial charge in [0, 0.05) is 29.7 Å². The van der Waals surface area contributed by atoms with Crippen LogP contribution in [0, 0.1) is 0 Å². The lowest BCUT2D eigenvalue weighted by Crippen LogP contribution is -2.49. The molecule has 0 fully saturated rings. The molecule has 1 aliphatic heterocycles. The van der Waals surface area contributed by atoms with Gasteiger partial charge in [-0.25, -0.2) is 0 Å². The van der Waals surface area contributed by atoms with Crippen molar-refractivity contribution in [1.29, 1.82) is 0 Å². The van der Waals surface area contributed by atoms with Crippen LogP contribution in [0.2, 0.25) is 5.02 Å². The van der Waals surface area contributed by atoms with Crippen molar-refractivity contribution in [3.05, 3.63) is 59.1 Å². The fourth-order valence-corrected chi connectivity index (χ4v) is 3.18. The van der Waals surface area contributed by atoms with E-state index in [9.17, 15) is 4.79 Å². The van der Waals surface area contributed by atoms with Crippen molar-refractivity contribution in [2.75, 3.05) is 22.9 Å². The Labute approximate surface area is 136 Å². The molecule has 3 nitrogen and oxygen atoms in total. The number of rotatable bonds is 2. The molecule has 1 unspecified atom stereocenters. The summed E-state index contributed by atoms with van der Waals surface area (Å²) < 4.78 is 0. The van der Waals surface area contributed by atoms with Gasteiger partial charge in [-0.1, -0.05) is 23.7 Å². The van der Waals surface area contributed by atoms with Crippen LogP contribution in [0.25, 0.3) is 0 Å². The SMILES string of the molecule is CCN1c2ccccc2N(C(=O)c2ccc(Cl)cc2)CC1C. The average molecular weight is 315 g/mol. The van der Waals surface area contributed by atoms with Gasteiger partial charge in [-0.15, -0.1) is 0 Å². The Balaban J connectivity index is 2.00. The number of fused-ring (bicyclic) bond motifs is 1. The highest BCUT2D eigenvalue weighted by molar-refractivity contribution is 6.30. The van der Waals surface area contributed by atoms with Gasteiger partial charge in [0.25, 0.3) is 5.91 Å². The highest BCUT2D eigenvalue weighted by atomic mass is 35.5. The normalized spacial score (nSPS) is 17.3. The van der Waals surface area contributed by atoms with Crippen LogP contribution in [-0.2, 0) is 0 Å². The van der Waals surface area contributed by atoms with Gasteiger partial charge in [-0.05, 0) is 50.2 Å². The van der Waals surface area contributed by atoms with Crippen LogP contribution in [0.15, 0.2) is 48.5 Å². The highest BCUT2D eigenvalue weighted by Gasteiger charge is 2.30. The molecule has 1 atom stereocenters. The molecular weight excluding hydrogens is 296 g/mol. The van der Waals surface area contributed by atoms with Gasteiger partial charge in [0.2, 0.25) is 0 Å². The number of halogens is 1. The van der Waals surface area contributed by atoms with Gasteiger partial charge < -0.3 is 9.80 Å². The van der Waals surface area contributed by atoms with Gasteiger partial charge >= 0.3 is 0 Å². The summed E-state index contributed by atoms with van der Waals surface area (Å²) >= 11 is 5.91. The second kappa shape index (κ2) is 6.01. The van der Waals surface area contributed by atoms with Crippen molar-refractivity contribution in [3.63, 3.8) is 0 Å². The van der Waals surface area contributed by atoms with Crippen LogP contribution in [0.5, 0.6) is 0 Å². The molecule has 1 amide bonds. The molecule has 4 heteroatoms. The minimum Gasteiger partial charge on any atom is -0.366 e. The maximum atomic E-state index is 12.9. The van der Waals surface area contributed by atoms with Crippen molar-refractivity contribution in [3.8, 4) is 0 Å². The van der Waals surface area contributed by atoms with Crippen LogP contribution >= 0.6 is 11.6 Å². The standard InChI is InChI=1S/C18H19ClN2O/c1-3-20-13(2)12-21(17-7-5-4-6-16(17)20)18(22)14-8-10-15(19)11-9-14/h4-11,13H,3,12H2,1-2H3. The van der Waals surface area contributed by atoms with Gasteiger partial charge in [-0.2, -0.15) is 0 Å². The van der Waals surface area contributed by atoms with E-state index in [4.69, 9.17) is 11.6 Å². The number of anilines is 2. The quantitative estimate of drug-likeness (QED) is 0.828. The summed E-state index contributed by atoms with van der Waals surface area (Å²) in [6.07, 6.45) is 0. The van der Waals surface area contributed by atoms with Crippen molar-refractivity contribution in [2.45, 2.75) is 19.9 Å². The Bertz CT molecular complexity index is 684. The third kappa shape index (κ3) is 2.57. The van der Waals surface area contributed by atoms with Crippen molar-refractivity contribution < 1.29 is 4.79 Å². The van der Waals surface area contributed by atoms with E-state index in [2.05, 4.69) is 24.8 Å². The predicted octanol–water partition coefficient (Wildman–Crippen LogP) is 4.22. The van der Waals surface area contributed by atoms with Crippen LogP contribution in [-0.4, -0.2) is 25.0 Å². The third-order valence-electron chi connectivity index (χ3n) is 4.14. The summed E-state index contributed by atoms with van der Waals surface area (Å²) in [5, 5.41) is 0.640. The maximum absolute atomic E-state index is 12.9. The maximum Gasteiger partial charge on any atom is 0.258 e. The van der Waals surface area contributed by atoms with Crippen molar-refractivity contribution in [1.82, 2.24) is 0 Å². The second-order valence-corrected chi connectivity index (χ2v) is 5.98. The van der Waals surface area contributed by atoms with Gasteiger partial charge in [0.15, 0.2) is 0 Å². The second-order valence-electron chi connectivity index (χ2n) is 5.55. The van der Waals surface area contributed by atoms with Crippen LogP contribution in [0.4, 0.5) is 11.4 Å². The van der Waals surface area contributed by atoms with E-state index in [0.717, 1.165) is 17.9 Å². The fraction of sp³-hybridized carbons (Fsp3) is 0.278. The van der Waals surface area contributed by atoms with Crippen molar-refractivity contribution >= 4 is 28.9 Å². The fourth-order valence-electron chi connectivity index (χ4n) is 3.06. The van der Waals surface area contributed by atoms with E-state index in [1.54, 1.807) is 24.3 Å². The van der Waals surface area contributed by atoms with Crippen LogP contribution in [0.3, 0.4) is 0 Å². The first kappa shape index (κ1) is 14.9. The molecular formula is C18H19ClN2O. The van der Waals surface area contributed by atoms with E-state index in [-0.39, 0.29) is 11.9 Å². The third-order valence-corrected chi connectivity index (χ3v) is 4.39. The molecule has 114 valence electrons. The molecule has 2 aromatic rings. The number of para-hydroxylation sites is 2. The Morgan fingerprint density at radius 2 is 1.77 bits per heavy atom. The number of carbonyl (C=O) groups is 1. The monoisotopic (exact) mass is 314 g/mol. The average Bonchev–Trinajstić information content (AvgIpc) is 2.54. The molecule has 3 rings (SSSR count). The molecule has 0 spiro atoms. The van der Waals surface area contributed by atoms with E-state index >= 15 is 0 Å². The van der Waals surface area contributed by atoms with E-state index < -0.39 is 0 Å². The molecule has 0 bridgehead atoms. The van der Waals surface area contributed by atoms with Gasteiger partial charge in [-0.3, -0.25) is 4.79 Å². The molecule has 0 saturated heterocycles. The lowest BCUT2D eigenvalue weighted by atomic mass is 10.1. The number of hydrogen-bond acceptors (Lipinski definition) is 2. The number of likely N-dealkylation sites (N-methyl/N-ethyl adjacent to an activating group) is 1. The molecule has 2 aromatic carbocycles. The first-order chi connectivity index (χ1) is 10.6. The Kier molecular flexibility index (Phi) is 4.08. The summed E-state index contributed by atoms with van der Waals surface area (Å²) in [6, 6.07) is 15.5. The van der Waals surface area contributed by atoms with E-state index in [1.807, 2.05) is 23.1 Å². The molecule has 22 heavy (non-hydrogen) atoms. The molecule has 0 radical (unpaired) electrons. The summed E-state index contributed by atoms with van der Waals surface area (Å²) in [5.41, 5.74) is 2.75. The Hall–Kier alpha value is -2.00. The first-order valence-electron chi connectivity index (χ1n) is 7.55. The summed E-state index contributed by atoms with van der Waals surface area (Å²) in [6.45, 7) is 5.92. The topological polar surface area (TPSA) is 23.6 Å². The number of hydrogen-bond donors (Lipinski definition) is 0. The lowest BCUT2D eigenvalue weighted by Gasteiger charge is -2.42. The molecule has 0 N–H and O–H groups in total. The molecule has 0 aliphatic carbocycles. The highest BCUT2D eigenvalue weighted by Crippen LogP contribution is 2.35. The Morgan fingerprint density at radius 3 is 2.41 bits per heavy atom. The zero-order valence-corrected chi connectivity index (χ0v) is 13.5. The Morgan fingerprint density at radius 1 is 1.14 bits per heavy atom. The number of nitrogens with zero attached hydrogens (tertiary/aromatic N) is 2. The first-order valence-corrected chi connectivity index (χ1v) is 7.92. The number of amides is 1. The minimum absolute atomic E-state index is 0.0201. The number of carbonyl (C=O) groups excluding carboxylic acids is 1. The zero-order valence-electron chi connectivity index (χ0n) is 12.8. The minimum atomic E-state index is 0.0201. The van der Waals surface area contributed by atoms with Crippen LogP contribution < -0.4 is 9.80 Å². The largest absolute Gasteiger partial charge is 0.366 e. The van der Waals surface area contributed by atoms with Gasteiger partial charge in [0.1, 0.15) is 0 Å². The number of benzene rings is 2. The predicted molar refractivity (Wildman–Crippen MR) is 92.1 cm³/mol.